The largest absolute Gasteiger partial charge is 0.379 e. The highest BCUT2D eigenvalue weighted by atomic mass is 16.7. The first-order valence-corrected chi connectivity index (χ1v) is 8.09. The van der Waals surface area contributed by atoms with Gasteiger partial charge in [-0.25, -0.2) is 0 Å². The van der Waals surface area contributed by atoms with Gasteiger partial charge in [0.1, 0.15) is 0 Å². The predicted molar refractivity (Wildman–Crippen MR) is 82.2 cm³/mol. The molecule has 3 rings (SSSR count). The van der Waals surface area contributed by atoms with Gasteiger partial charge >= 0.3 is 0 Å². The molecule has 2 aliphatic rings. The second kappa shape index (κ2) is 6.81. The van der Waals surface area contributed by atoms with Crippen LogP contribution in [0.3, 0.4) is 0 Å². The van der Waals surface area contributed by atoms with Crippen molar-refractivity contribution in [2.24, 2.45) is 5.92 Å². The molecule has 1 fully saturated rings. The molecule has 2 N–H and O–H groups in total. The number of para-hydroxylation sites is 1. The Morgan fingerprint density at radius 3 is 2.82 bits per heavy atom. The smallest absolute Gasteiger partial charge is 0.260 e. The molecule has 1 saturated carbocycles. The normalized spacial score (nSPS) is 21.5. The van der Waals surface area contributed by atoms with Gasteiger partial charge in [0.05, 0.1) is 5.92 Å². The first-order chi connectivity index (χ1) is 10.8. The lowest BCUT2D eigenvalue weighted by atomic mass is 9.88. The van der Waals surface area contributed by atoms with Crippen molar-refractivity contribution in [3.63, 3.8) is 0 Å². The first kappa shape index (κ1) is 14.9. The number of nitrogens with one attached hydrogen (secondary N) is 2. The number of hydrogen-bond donors (Lipinski definition) is 2. The van der Waals surface area contributed by atoms with Gasteiger partial charge in [0, 0.05) is 18.0 Å². The summed E-state index contributed by atoms with van der Waals surface area (Å²) in [6, 6.07) is 7.51. The van der Waals surface area contributed by atoms with E-state index in [9.17, 15) is 9.59 Å². The molecule has 1 unspecified atom stereocenters. The van der Waals surface area contributed by atoms with Crippen LogP contribution in [0.5, 0.6) is 5.75 Å². The van der Waals surface area contributed by atoms with Crippen LogP contribution in [0.15, 0.2) is 24.3 Å². The Balaban J connectivity index is 1.55. The summed E-state index contributed by atoms with van der Waals surface area (Å²) in [6.07, 6.45) is 6.11. The van der Waals surface area contributed by atoms with E-state index in [1.54, 1.807) is 0 Å². The van der Waals surface area contributed by atoms with E-state index in [-0.39, 0.29) is 23.7 Å². The summed E-state index contributed by atoms with van der Waals surface area (Å²) >= 11 is 0. The van der Waals surface area contributed by atoms with Crippen molar-refractivity contribution < 1.29 is 14.4 Å². The van der Waals surface area contributed by atoms with Gasteiger partial charge in [-0.3, -0.25) is 9.59 Å². The zero-order valence-corrected chi connectivity index (χ0v) is 12.6. The lowest BCUT2D eigenvalue weighted by Gasteiger charge is -2.25. The van der Waals surface area contributed by atoms with Crippen LogP contribution in [-0.4, -0.2) is 18.4 Å². The SMILES string of the molecule is O=C(NCCC1C(=O)NOc2ccccc21)C1CCCCC1. The molecule has 22 heavy (non-hydrogen) atoms. The molecule has 0 radical (unpaired) electrons. The Morgan fingerprint density at radius 1 is 1.23 bits per heavy atom. The number of amides is 2. The molecule has 118 valence electrons. The van der Waals surface area contributed by atoms with E-state index >= 15 is 0 Å². The summed E-state index contributed by atoms with van der Waals surface area (Å²) < 4.78 is 0. The van der Waals surface area contributed by atoms with Gasteiger partial charge in [0.2, 0.25) is 5.91 Å². The first-order valence-electron chi connectivity index (χ1n) is 8.09. The Morgan fingerprint density at radius 2 is 2.00 bits per heavy atom. The summed E-state index contributed by atoms with van der Waals surface area (Å²) in [5, 5.41) is 2.99. The number of hydrogen-bond acceptors (Lipinski definition) is 3. The average molecular weight is 302 g/mol. The highest BCUT2D eigenvalue weighted by Crippen LogP contribution is 2.31. The highest BCUT2D eigenvalue weighted by molar-refractivity contribution is 5.85. The van der Waals surface area contributed by atoms with E-state index in [0.29, 0.717) is 18.7 Å². The third-order valence-corrected chi connectivity index (χ3v) is 4.58. The molecule has 0 spiro atoms. The monoisotopic (exact) mass is 302 g/mol. The third kappa shape index (κ3) is 3.24. The van der Waals surface area contributed by atoms with Gasteiger partial charge in [-0.1, -0.05) is 37.5 Å². The number of benzene rings is 1. The third-order valence-electron chi connectivity index (χ3n) is 4.58. The van der Waals surface area contributed by atoms with E-state index in [1.807, 2.05) is 24.3 Å². The fraction of sp³-hybridized carbons (Fsp3) is 0.529. The summed E-state index contributed by atoms with van der Waals surface area (Å²) in [5.41, 5.74) is 3.33. The van der Waals surface area contributed by atoms with Crippen LogP contribution in [0.2, 0.25) is 0 Å². The quantitative estimate of drug-likeness (QED) is 0.896. The minimum atomic E-state index is -0.267. The van der Waals surface area contributed by atoms with Crippen molar-refractivity contribution in [1.82, 2.24) is 10.8 Å². The Bertz CT molecular complexity index is 553. The molecule has 1 aliphatic heterocycles. The fourth-order valence-electron chi connectivity index (χ4n) is 3.31. The summed E-state index contributed by atoms with van der Waals surface area (Å²) in [6.45, 7) is 0.516. The highest BCUT2D eigenvalue weighted by Gasteiger charge is 2.29. The maximum Gasteiger partial charge on any atom is 0.260 e. The predicted octanol–water partition coefficient (Wildman–Crippen LogP) is 2.28. The van der Waals surface area contributed by atoms with Gasteiger partial charge in [-0.05, 0) is 25.3 Å². The second-order valence-electron chi connectivity index (χ2n) is 6.07. The molecule has 1 aromatic rings. The van der Waals surface area contributed by atoms with Crippen molar-refractivity contribution >= 4 is 11.8 Å². The van der Waals surface area contributed by atoms with Crippen LogP contribution in [0.1, 0.15) is 50.0 Å². The van der Waals surface area contributed by atoms with Gasteiger partial charge in [-0.15, -0.1) is 0 Å². The molecule has 1 heterocycles. The lowest BCUT2D eigenvalue weighted by Crippen LogP contribution is -2.39. The van der Waals surface area contributed by atoms with Gasteiger partial charge in [-0.2, -0.15) is 5.48 Å². The molecular formula is C17H22N2O3. The average Bonchev–Trinajstić information content (AvgIpc) is 2.57. The maximum absolute atomic E-state index is 12.1. The fourth-order valence-corrected chi connectivity index (χ4v) is 3.31. The topological polar surface area (TPSA) is 67.4 Å². The van der Waals surface area contributed by atoms with Gasteiger partial charge in [0.15, 0.2) is 5.75 Å². The van der Waals surface area contributed by atoms with E-state index in [2.05, 4.69) is 10.8 Å². The molecule has 1 aliphatic carbocycles. The molecule has 2 amide bonds. The number of fused-ring (bicyclic) bond motifs is 1. The molecule has 1 atom stereocenters. The van der Waals surface area contributed by atoms with Crippen molar-refractivity contribution in [3.8, 4) is 5.75 Å². The van der Waals surface area contributed by atoms with Gasteiger partial charge in [0.25, 0.3) is 5.91 Å². The lowest BCUT2D eigenvalue weighted by molar-refractivity contribution is -0.131. The van der Waals surface area contributed by atoms with Crippen molar-refractivity contribution in [3.05, 3.63) is 29.8 Å². The van der Waals surface area contributed by atoms with Crippen LogP contribution in [0, 0.1) is 5.92 Å². The minimum Gasteiger partial charge on any atom is -0.379 e. The molecule has 5 heteroatoms. The Labute approximate surface area is 130 Å². The van der Waals surface area contributed by atoms with Crippen molar-refractivity contribution in [2.45, 2.75) is 44.4 Å². The zero-order valence-electron chi connectivity index (χ0n) is 12.6. The molecular weight excluding hydrogens is 280 g/mol. The zero-order chi connectivity index (χ0) is 15.4. The maximum atomic E-state index is 12.1. The molecule has 0 saturated heterocycles. The standard InChI is InChI=1S/C17H22N2O3/c20-16(12-6-2-1-3-7-12)18-11-10-14-13-8-4-5-9-15(13)22-19-17(14)21/h4-5,8-9,12,14H,1-3,6-7,10-11H2,(H,18,20)(H,19,21). The molecule has 0 aromatic heterocycles. The molecule has 1 aromatic carbocycles. The van der Waals surface area contributed by atoms with Crippen LogP contribution < -0.4 is 15.6 Å². The van der Waals surface area contributed by atoms with E-state index < -0.39 is 0 Å². The number of rotatable bonds is 4. The molecule has 0 bridgehead atoms. The minimum absolute atomic E-state index is 0.139. The Kier molecular flexibility index (Phi) is 4.61. The van der Waals surface area contributed by atoms with Crippen LogP contribution in [-0.2, 0) is 9.59 Å². The van der Waals surface area contributed by atoms with E-state index in [4.69, 9.17) is 4.84 Å². The van der Waals surface area contributed by atoms with Crippen molar-refractivity contribution in [1.29, 1.82) is 0 Å². The number of hydroxylamine groups is 1. The number of carbonyl (C=O) groups is 2. The van der Waals surface area contributed by atoms with Crippen LogP contribution in [0.4, 0.5) is 0 Å². The summed E-state index contributed by atoms with van der Waals surface area (Å²) in [5.74, 6) is 0.568. The van der Waals surface area contributed by atoms with Crippen molar-refractivity contribution in [2.75, 3.05) is 6.54 Å². The summed E-state index contributed by atoms with van der Waals surface area (Å²) in [7, 11) is 0. The second-order valence-corrected chi connectivity index (χ2v) is 6.07. The summed E-state index contributed by atoms with van der Waals surface area (Å²) in [4.78, 5) is 29.3. The van der Waals surface area contributed by atoms with Crippen LogP contribution >= 0.6 is 0 Å². The van der Waals surface area contributed by atoms with Crippen LogP contribution in [0.25, 0.3) is 0 Å². The van der Waals surface area contributed by atoms with Gasteiger partial charge < -0.3 is 10.2 Å². The number of carbonyl (C=O) groups excluding carboxylic acids is 2. The Hall–Kier alpha value is -2.04. The van der Waals surface area contributed by atoms with E-state index in [0.717, 1.165) is 31.2 Å². The van der Waals surface area contributed by atoms with E-state index in [1.165, 1.54) is 6.42 Å². The molecule has 5 nitrogen and oxygen atoms in total.